The number of nitrogens with one attached hydrogen (secondary N) is 3. The van der Waals surface area contributed by atoms with Gasteiger partial charge >= 0.3 is 0 Å². The zero-order valence-electron chi connectivity index (χ0n) is 15.1. The summed E-state index contributed by atoms with van der Waals surface area (Å²) < 4.78 is 14.9. The Bertz CT molecular complexity index is 938. The van der Waals surface area contributed by atoms with E-state index in [1.54, 1.807) is 6.33 Å². The second kappa shape index (κ2) is 7.23. The zero-order chi connectivity index (χ0) is 18.8. The molecule has 4 rings (SSSR count). The van der Waals surface area contributed by atoms with Crippen LogP contribution in [0.5, 0.6) is 0 Å². The highest BCUT2D eigenvalue weighted by molar-refractivity contribution is 5.59. The standard InChI is InChI=1S/C17H20FN9/c1-10(15-20-5-11(18)6-21-15)23-17-24-13-3-4-19-7-12(13)16(26-17)25-14-8-27(2)9-22-14/h5-6,8-10,19H,3-4,7H2,1-2H3,(H2,23,24,25,26). The lowest BCUT2D eigenvalue weighted by molar-refractivity contribution is 0.604. The van der Waals surface area contributed by atoms with Crippen LogP contribution in [0.1, 0.15) is 30.0 Å². The van der Waals surface area contributed by atoms with Crippen molar-refractivity contribution in [1.82, 2.24) is 34.8 Å². The zero-order valence-corrected chi connectivity index (χ0v) is 15.1. The monoisotopic (exact) mass is 369 g/mol. The van der Waals surface area contributed by atoms with Gasteiger partial charge in [-0.15, -0.1) is 0 Å². The van der Waals surface area contributed by atoms with Gasteiger partial charge in [0.2, 0.25) is 5.95 Å². The molecule has 3 aromatic heterocycles. The van der Waals surface area contributed by atoms with Crippen LogP contribution < -0.4 is 16.0 Å². The third-order valence-electron chi connectivity index (χ3n) is 4.26. The van der Waals surface area contributed by atoms with Crippen LogP contribution in [0.4, 0.5) is 22.0 Å². The molecule has 1 aliphatic rings. The maximum absolute atomic E-state index is 13.0. The number of fused-ring (bicyclic) bond motifs is 1. The first-order valence-corrected chi connectivity index (χ1v) is 8.68. The van der Waals surface area contributed by atoms with E-state index in [1.807, 2.05) is 24.7 Å². The SMILES string of the molecule is CC(Nc1nc2c(c(Nc3cn(C)cn3)n1)CNCC2)c1ncc(F)cn1. The van der Waals surface area contributed by atoms with Crippen LogP contribution in [0.15, 0.2) is 24.9 Å². The van der Waals surface area contributed by atoms with E-state index in [9.17, 15) is 4.39 Å². The van der Waals surface area contributed by atoms with Crippen molar-refractivity contribution >= 4 is 17.6 Å². The number of aryl methyl sites for hydroxylation is 1. The van der Waals surface area contributed by atoms with Crippen LogP contribution >= 0.6 is 0 Å². The number of halogens is 1. The fourth-order valence-electron chi connectivity index (χ4n) is 2.91. The van der Waals surface area contributed by atoms with Crippen molar-refractivity contribution in [2.75, 3.05) is 17.2 Å². The first-order valence-electron chi connectivity index (χ1n) is 8.68. The van der Waals surface area contributed by atoms with Gasteiger partial charge in [-0.1, -0.05) is 0 Å². The van der Waals surface area contributed by atoms with Gasteiger partial charge in [0, 0.05) is 38.3 Å². The Morgan fingerprint density at radius 3 is 2.78 bits per heavy atom. The molecule has 1 unspecified atom stereocenters. The lowest BCUT2D eigenvalue weighted by atomic mass is 10.1. The molecule has 0 radical (unpaired) electrons. The van der Waals surface area contributed by atoms with E-state index in [4.69, 9.17) is 0 Å². The Morgan fingerprint density at radius 1 is 1.22 bits per heavy atom. The van der Waals surface area contributed by atoms with Crippen LogP contribution in [0.25, 0.3) is 0 Å². The summed E-state index contributed by atoms with van der Waals surface area (Å²) in [7, 11) is 1.91. The molecule has 0 amide bonds. The summed E-state index contributed by atoms with van der Waals surface area (Å²) in [5.41, 5.74) is 2.01. The van der Waals surface area contributed by atoms with Crippen LogP contribution in [-0.4, -0.2) is 36.0 Å². The molecule has 0 saturated carbocycles. The van der Waals surface area contributed by atoms with E-state index in [0.717, 1.165) is 36.6 Å². The molecule has 3 N–H and O–H groups in total. The Morgan fingerprint density at radius 2 is 2.04 bits per heavy atom. The Hall–Kier alpha value is -3.14. The number of nitrogens with zero attached hydrogens (tertiary/aromatic N) is 6. The molecular formula is C17H20FN9. The average molecular weight is 369 g/mol. The van der Waals surface area contributed by atoms with E-state index in [1.165, 1.54) is 0 Å². The first kappa shape index (κ1) is 17.3. The van der Waals surface area contributed by atoms with E-state index in [2.05, 4.69) is 40.9 Å². The summed E-state index contributed by atoms with van der Waals surface area (Å²) in [6, 6.07) is -0.270. The van der Waals surface area contributed by atoms with Gasteiger partial charge < -0.3 is 20.5 Å². The average Bonchev–Trinajstić information content (AvgIpc) is 3.07. The van der Waals surface area contributed by atoms with Gasteiger partial charge in [0.05, 0.1) is 30.5 Å². The largest absolute Gasteiger partial charge is 0.344 e. The molecule has 3 aromatic rings. The minimum absolute atomic E-state index is 0.270. The van der Waals surface area contributed by atoms with Gasteiger partial charge in [0.1, 0.15) is 17.5 Å². The molecule has 0 aromatic carbocycles. The van der Waals surface area contributed by atoms with Crippen molar-refractivity contribution in [3.63, 3.8) is 0 Å². The quantitative estimate of drug-likeness (QED) is 0.624. The summed E-state index contributed by atoms with van der Waals surface area (Å²) in [4.78, 5) is 21.6. The molecule has 10 heteroatoms. The van der Waals surface area contributed by atoms with Gasteiger partial charge in [-0.25, -0.2) is 24.3 Å². The molecule has 1 aliphatic heterocycles. The second-order valence-corrected chi connectivity index (χ2v) is 6.42. The van der Waals surface area contributed by atoms with Crippen molar-refractivity contribution < 1.29 is 4.39 Å². The van der Waals surface area contributed by atoms with E-state index in [0.29, 0.717) is 30.0 Å². The number of rotatable bonds is 5. The van der Waals surface area contributed by atoms with Crippen molar-refractivity contribution in [2.24, 2.45) is 7.05 Å². The highest BCUT2D eigenvalue weighted by atomic mass is 19.1. The molecule has 0 spiro atoms. The van der Waals surface area contributed by atoms with Gasteiger partial charge in [0.15, 0.2) is 5.82 Å². The van der Waals surface area contributed by atoms with Crippen LogP contribution in [0, 0.1) is 5.82 Å². The van der Waals surface area contributed by atoms with Crippen LogP contribution in [0.2, 0.25) is 0 Å². The topological polar surface area (TPSA) is 105 Å². The molecule has 140 valence electrons. The minimum Gasteiger partial charge on any atom is -0.344 e. The summed E-state index contributed by atoms with van der Waals surface area (Å²) >= 11 is 0. The Labute approximate surface area is 155 Å². The Balaban J connectivity index is 1.62. The van der Waals surface area contributed by atoms with Gasteiger partial charge in [-0.05, 0) is 6.92 Å². The maximum atomic E-state index is 13.0. The molecule has 27 heavy (non-hydrogen) atoms. The van der Waals surface area contributed by atoms with Crippen LogP contribution in [0.3, 0.4) is 0 Å². The van der Waals surface area contributed by atoms with Gasteiger partial charge in [-0.3, -0.25) is 0 Å². The van der Waals surface area contributed by atoms with E-state index >= 15 is 0 Å². The summed E-state index contributed by atoms with van der Waals surface area (Å²) in [6.45, 7) is 3.44. The molecule has 4 heterocycles. The highest BCUT2D eigenvalue weighted by Gasteiger charge is 2.19. The van der Waals surface area contributed by atoms with Crippen molar-refractivity contribution in [1.29, 1.82) is 0 Å². The molecule has 0 bridgehead atoms. The van der Waals surface area contributed by atoms with Crippen molar-refractivity contribution in [3.8, 4) is 0 Å². The smallest absolute Gasteiger partial charge is 0.225 e. The Kier molecular flexibility index (Phi) is 4.63. The highest BCUT2D eigenvalue weighted by Crippen LogP contribution is 2.25. The van der Waals surface area contributed by atoms with E-state index in [-0.39, 0.29) is 6.04 Å². The molecular weight excluding hydrogens is 349 g/mol. The molecule has 0 fully saturated rings. The molecule has 1 atom stereocenters. The number of anilines is 3. The van der Waals surface area contributed by atoms with Gasteiger partial charge in [-0.2, -0.15) is 4.98 Å². The molecule has 0 saturated heterocycles. The fraction of sp³-hybridized carbons (Fsp3) is 0.353. The van der Waals surface area contributed by atoms with Gasteiger partial charge in [0.25, 0.3) is 0 Å². The molecule has 0 aliphatic carbocycles. The van der Waals surface area contributed by atoms with Crippen molar-refractivity contribution in [3.05, 3.63) is 47.8 Å². The minimum atomic E-state index is -0.467. The second-order valence-electron chi connectivity index (χ2n) is 6.42. The normalized spacial score (nSPS) is 14.5. The number of imidazole rings is 1. The summed E-state index contributed by atoms with van der Waals surface area (Å²) in [5.74, 6) is 1.89. The predicted molar refractivity (Wildman–Crippen MR) is 98.0 cm³/mol. The third kappa shape index (κ3) is 3.85. The lowest BCUT2D eigenvalue weighted by Gasteiger charge is -2.21. The third-order valence-corrected chi connectivity index (χ3v) is 4.26. The van der Waals surface area contributed by atoms with Crippen LogP contribution in [-0.2, 0) is 20.0 Å². The van der Waals surface area contributed by atoms with E-state index < -0.39 is 5.82 Å². The fourth-order valence-corrected chi connectivity index (χ4v) is 2.91. The maximum Gasteiger partial charge on any atom is 0.225 e. The van der Waals surface area contributed by atoms with Crippen molar-refractivity contribution in [2.45, 2.75) is 25.9 Å². The summed E-state index contributed by atoms with van der Waals surface area (Å²) in [5, 5.41) is 9.82. The first-order chi connectivity index (χ1) is 13.1. The lowest BCUT2D eigenvalue weighted by Crippen LogP contribution is -2.27. The number of hydrogen-bond donors (Lipinski definition) is 3. The predicted octanol–water partition coefficient (Wildman–Crippen LogP) is 1.70. The molecule has 9 nitrogen and oxygen atoms in total. The number of hydrogen-bond acceptors (Lipinski definition) is 8. The number of aromatic nitrogens is 6. The summed E-state index contributed by atoms with van der Waals surface area (Å²) in [6.07, 6.45) is 6.71.